The maximum Gasteiger partial charge on any atom is 0.119 e. The first-order valence-corrected chi connectivity index (χ1v) is 8.01. The highest BCUT2D eigenvalue weighted by Crippen LogP contribution is 2.31. The molecule has 0 aliphatic rings. The third kappa shape index (κ3) is 3.41. The summed E-state index contributed by atoms with van der Waals surface area (Å²) in [4.78, 5) is 2.60. The van der Waals surface area contributed by atoms with Crippen molar-refractivity contribution in [3.8, 4) is 5.75 Å². The Kier molecular flexibility index (Phi) is 5.21. The standard InChI is InChI=1S/C15H19BrN2OS/c1-9-6-15(20-10(9)2)14(18-17)8-11-7-12(19-3)4-5-13(11)16/h4-7,14,18H,8,17H2,1-3H3. The highest BCUT2D eigenvalue weighted by atomic mass is 79.9. The summed E-state index contributed by atoms with van der Waals surface area (Å²) in [6.07, 6.45) is 0.813. The smallest absolute Gasteiger partial charge is 0.119 e. The molecule has 3 nitrogen and oxygen atoms in total. The Balaban J connectivity index is 2.26. The largest absolute Gasteiger partial charge is 0.497 e. The van der Waals surface area contributed by atoms with Gasteiger partial charge in [0.05, 0.1) is 13.2 Å². The number of nitrogens with one attached hydrogen (secondary N) is 1. The lowest BCUT2D eigenvalue weighted by Gasteiger charge is -2.16. The summed E-state index contributed by atoms with van der Waals surface area (Å²) in [6.45, 7) is 4.27. The Morgan fingerprint density at radius 2 is 2.10 bits per heavy atom. The number of nitrogens with two attached hydrogens (primary N) is 1. The fraction of sp³-hybridized carbons (Fsp3) is 0.333. The lowest BCUT2D eigenvalue weighted by Crippen LogP contribution is -2.29. The van der Waals surface area contributed by atoms with Crippen LogP contribution < -0.4 is 16.0 Å². The molecule has 0 aliphatic heterocycles. The zero-order chi connectivity index (χ0) is 14.7. The number of methoxy groups -OCH3 is 1. The van der Waals surface area contributed by atoms with E-state index in [9.17, 15) is 0 Å². The minimum Gasteiger partial charge on any atom is -0.497 e. The van der Waals surface area contributed by atoms with E-state index in [4.69, 9.17) is 10.6 Å². The van der Waals surface area contributed by atoms with E-state index in [-0.39, 0.29) is 6.04 Å². The first kappa shape index (κ1) is 15.5. The fourth-order valence-electron chi connectivity index (χ4n) is 2.07. The second-order valence-electron chi connectivity index (χ2n) is 4.77. The van der Waals surface area contributed by atoms with Gasteiger partial charge < -0.3 is 4.74 Å². The van der Waals surface area contributed by atoms with Gasteiger partial charge in [-0.05, 0) is 55.7 Å². The molecule has 2 aromatic rings. The summed E-state index contributed by atoms with van der Waals surface area (Å²) in [5.41, 5.74) is 5.41. The van der Waals surface area contributed by atoms with Crippen molar-refractivity contribution in [2.45, 2.75) is 26.3 Å². The van der Waals surface area contributed by atoms with Crippen molar-refractivity contribution in [2.24, 2.45) is 5.84 Å². The van der Waals surface area contributed by atoms with Crippen LogP contribution in [0.25, 0.3) is 0 Å². The van der Waals surface area contributed by atoms with Crippen molar-refractivity contribution >= 4 is 27.3 Å². The van der Waals surface area contributed by atoms with Crippen LogP contribution in [0.4, 0.5) is 0 Å². The Bertz CT molecular complexity index is 578. The van der Waals surface area contributed by atoms with Crippen molar-refractivity contribution in [2.75, 3.05) is 7.11 Å². The van der Waals surface area contributed by atoms with Crippen LogP contribution in [0.2, 0.25) is 0 Å². The maximum absolute atomic E-state index is 5.74. The second-order valence-corrected chi connectivity index (χ2v) is 6.91. The van der Waals surface area contributed by atoms with E-state index in [1.807, 2.05) is 18.2 Å². The second kappa shape index (κ2) is 6.72. The van der Waals surface area contributed by atoms with E-state index >= 15 is 0 Å². The first-order valence-electron chi connectivity index (χ1n) is 6.40. The van der Waals surface area contributed by atoms with E-state index in [0.717, 1.165) is 16.6 Å². The molecule has 1 heterocycles. The zero-order valence-corrected chi connectivity index (χ0v) is 14.3. The molecule has 3 N–H and O–H groups in total. The van der Waals surface area contributed by atoms with Gasteiger partial charge in [0, 0.05) is 14.2 Å². The molecule has 1 aromatic carbocycles. The molecule has 1 atom stereocenters. The molecule has 1 aromatic heterocycles. The van der Waals surface area contributed by atoms with Gasteiger partial charge in [-0.15, -0.1) is 11.3 Å². The summed E-state index contributed by atoms with van der Waals surface area (Å²) in [5.74, 6) is 6.60. The van der Waals surface area contributed by atoms with Crippen LogP contribution in [0.1, 0.15) is 26.9 Å². The van der Waals surface area contributed by atoms with Gasteiger partial charge in [-0.25, -0.2) is 0 Å². The Morgan fingerprint density at radius 1 is 1.35 bits per heavy atom. The molecule has 0 saturated carbocycles. The number of aryl methyl sites for hydroxylation is 2. The molecule has 0 spiro atoms. The Hall–Kier alpha value is -0.880. The van der Waals surface area contributed by atoms with E-state index in [2.05, 4.69) is 41.3 Å². The molecule has 0 fully saturated rings. The topological polar surface area (TPSA) is 47.3 Å². The van der Waals surface area contributed by atoms with Crippen molar-refractivity contribution in [1.82, 2.24) is 5.43 Å². The third-order valence-corrected chi connectivity index (χ3v) is 5.45. The van der Waals surface area contributed by atoms with E-state index in [0.29, 0.717) is 0 Å². The minimum atomic E-state index is 0.107. The Morgan fingerprint density at radius 3 is 2.65 bits per heavy atom. The number of benzene rings is 1. The van der Waals surface area contributed by atoms with Gasteiger partial charge in [-0.2, -0.15) is 0 Å². The molecular weight excluding hydrogens is 336 g/mol. The molecule has 5 heteroatoms. The Labute approximate surface area is 132 Å². The minimum absolute atomic E-state index is 0.107. The molecule has 0 radical (unpaired) electrons. The van der Waals surface area contributed by atoms with E-state index in [1.54, 1.807) is 18.4 Å². The lowest BCUT2D eigenvalue weighted by atomic mass is 10.0. The van der Waals surface area contributed by atoms with Crippen LogP contribution in [0.5, 0.6) is 5.75 Å². The molecule has 0 saturated heterocycles. The number of rotatable bonds is 5. The van der Waals surface area contributed by atoms with Gasteiger partial charge in [0.15, 0.2) is 0 Å². The summed E-state index contributed by atoms with van der Waals surface area (Å²) in [7, 11) is 1.68. The average molecular weight is 355 g/mol. The average Bonchev–Trinajstić information content (AvgIpc) is 2.77. The molecule has 0 bridgehead atoms. The third-order valence-electron chi connectivity index (χ3n) is 3.41. The number of hydrogen-bond acceptors (Lipinski definition) is 4. The number of halogens is 1. The van der Waals surface area contributed by atoms with Crippen molar-refractivity contribution in [3.63, 3.8) is 0 Å². The van der Waals surface area contributed by atoms with E-state index in [1.165, 1.54) is 20.9 Å². The molecule has 0 amide bonds. The van der Waals surface area contributed by atoms with Crippen molar-refractivity contribution in [3.05, 3.63) is 49.6 Å². The van der Waals surface area contributed by atoms with Crippen molar-refractivity contribution in [1.29, 1.82) is 0 Å². The predicted octanol–water partition coefficient (Wildman–Crippen LogP) is 3.88. The van der Waals surface area contributed by atoms with Gasteiger partial charge in [0.2, 0.25) is 0 Å². The molecule has 20 heavy (non-hydrogen) atoms. The summed E-state index contributed by atoms with van der Waals surface area (Å²) in [6, 6.07) is 8.31. The van der Waals surface area contributed by atoms with Crippen LogP contribution >= 0.6 is 27.3 Å². The summed E-state index contributed by atoms with van der Waals surface area (Å²) in [5, 5.41) is 0. The van der Waals surface area contributed by atoms with Crippen LogP contribution in [0.15, 0.2) is 28.7 Å². The number of ether oxygens (including phenoxy) is 1. The monoisotopic (exact) mass is 354 g/mol. The number of hydrazine groups is 1. The van der Waals surface area contributed by atoms with Crippen molar-refractivity contribution < 1.29 is 4.74 Å². The molecular formula is C15H19BrN2OS. The lowest BCUT2D eigenvalue weighted by molar-refractivity contribution is 0.413. The highest BCUT2D eigenvalue weighted by molar-refractivity contribution is 9.10. The van der Waals surface area contributed by atoms with Crippen LogP contribution in [0, 0.1) is 13.8 Å². The predicted molar refractivity (Wildman–Crippen MR) is 88.3 cm³/mol. The quantitative estimate of drug-likeness (QED) is 0.632. The summed E-state index contributed by atoms with van der Waals surface area (Å²) < 4.78 is 6.36. The highest BCUT2D eigenvalue weighted by Gasteiger charge is 2.16. The van der Waals surface area contributed by atoms with Gasteiger partial charge in [0.1, 0.15) is 5.75 Å². The van der Waals surface area contributed by atoms with Gasteiger partial charge in [-0.3, -0.25) is 11.3 Å². The van der Waals surface area contributed by atoms with Gasteiger partial charge in [0.25, 0.3) is 0 Å². The van der Waals surface area contributed by atoms with Gasteiger partial charge in [-0.1, -0.05) is 15.9 Å². The first-order chi connectivity index (χ1) is 9.55. The normalized spacial score (nSPS) is 12.4. The molecule has 2 rings (SSSR count). The summed E-state index contributed by atoms with van der Waals surface area (Å²) >= 11 is 5.38. The maximum atomic E-state index is 5.74. The number of thiophene rings is 1. The SMILES string of the molecule is COc1ccc(Br)c(CC(NN)c2cc(C)c(C)s2)c1. The fourth-order valence-corrected chi connectivity index (χ4v) is 3.58. The van der Waals surface area contributed by atoms with Crippen LogP contribution in [0.3, 0.4) is 0 Å². The van der Waals surface area contributed by atoms with Gasteiger partial charge >= 0.3 is 0 Å². The molecule has 0 aliphatic carbocycles. The number of hydrogen-bond donors (Lipinski definition) is 2. The van der Waals surface area contributed by atoms with E-state index < -0.39 is 0 Å². The molecule has 108 valence electrons. The van der Waals surface area contributed by atoms with Crippen LogP contribution in [-0.2, 0) is 6.42 Å². The van der Waals surface area contributed by atoms with Crippen LogP contribution in [-0.4, -0.2) is 7.11 Å². The molecule has 1 unspecified atom stereocenters. The zero-order valence-electron chi connectivity index (χ0n) is 11.9.